The van der Waals surface area contributed by atoms with Crippen LogP contribution in [0, 0.1) is 10.1 Å². The Morgan fingerprint density at radius 1 is 1.41 bits per heavy atom. The van der Waals surface area contributed by atoms with Crippen LogP contribution in [-0.2, 0) is 6.54 Å². The second-order valence-corrected chi connectivity index (χ2v) is 3.31. The summed E-state index contributed by atoms with van der Waals surface area (Å²) in [6, 6.07) is 6.04. The van der Waals surface area contributed by atoms with Crippen LogP contribution in [0.15, 0.2) is 24.3 Å². The smallest absolute Gasteiger partial charge is 0.269 e. The summed E-state index contributed by atoms with van der Waals surface area (Å²) in [6.07, 6.45) is 0. The van der Waals surface area contributed by atoms with Crippen molar-refractivity contribution in [3.63, 3.8) is 0 Å². The summed E-state index contributed by atoms with van der Waals surface area (Å²) in [5, 5.41) is 24.7. The minimum absolute atomic E-state index is 0.0389. The van der Waals surface area contributed by atoms with Gasteiger partial charge in [-0.1, -0.05) is 0 Å². The van der Waals surface area contributed by atoms with E-state index >= 15 is 0 Å². The van der Waals surface area contributed by atoms with Crippen LogP contribution in [0.2, 0.25) is 0 Å². The van der Waals surface area contributed by atoms with Gasteiger partial charge in [-0.15, -0.1) is 5.10 Å². The van der Waals surface area contributed by atoms with Gasteiger partial charge in [0.05, 0.1) is 17.2 Å². The van der Waals surface area contributed by atoms with E-state index in [4.69, 9.17) is 0 Å². The molecule has 1 heterocycles. The summed E-state index contributed by atoms with van der Waals surface area (Å²) in [7, 11) is 1.79. The van der Waals surface area contributed by atoms with Crippen molar-refractivity contribution in [2.45, 2.75) is 6.54 Å². The van der Waals surface area contributed by atoms with Gasteiger partial charge >= 0.3 is 0 Å². The quantitative estimate of drug-likeness (QED) is 0.603. The number of benzene rings is 1. The molecule has 0 bridgehead atoms. The number of rotatable bonds is 4. The number of hydrogen-bond acceptors (Lipinski definition) is 6. The SMILES string of the molecule is CNCc1nnnn1-c1ccc([N+](=O)[O-])cc1. The largest absolute Gasteiger partial charge is 0.313 e. The molecule has 0 aliphatic carbocycles. The third-order valence-electron chi connectivity index (χ3n) is 2.17. The van der Waals surface area contributed by atoms with E-state index in [1.165, 1.54) is 16.8 Å². The first-order chi connectivity index (χ1) is 8.22. The van der Waals surface area contributed by atoms with E-state index in [2.05, 4.69) is 20.8 Å². The van der Waals surface area contributed by atoms with Crippen LogP contribution < -0.4 is 5.32 Å². The molecule has 0 saturated carbocycles. The molecule has 88 valence electrons. The van der Waals surface area contributed by atoms with E-state index in [-0.39, 0.29) is 5.69 Å². The second kappa shape index (κ2) is 4.66. The maximum absolute atomic E-state index is 10.5. The Hall–Kier alpha value is -2.35. The number of nitrogens with zero attached hydrogens (tertiary/aromatic N) is 5. The van der Waals surface area contributed by atoms with Crippen LogP contribution >= 0.6 is 0 Å². The first-order valence-electron chi connectivity index (χ1n) is 4.89. The number of non-ortho nitro benzene ring substituents is 1. The molecule has 0 spiro atoms. The minimum atomic E-state index is -0.447. The van der Waals surface area contributed by atoms with E-state index < -0.39 is 4.92 Å². The molecule has 2 aromatic rings. The predicted molar refractivity (Wildman–Crippen MR) is 58.6 cm³/mol. The molecule has 0 aliphatic rings. The Labute approximate surface area is 96.4 Å². The van der Waals surface area contributed by atoms with Crippen molar-refractivity contribution in [1.29, 1.82) is 0 Å². The lowest BCUT2D eigenvalue weighted by atomic mass is 10.3. The van der Waals surface area contributed by atoms with Crippen LogP contribution in [0.25, 0.3) is 5.69 Å². The molecule has 2 rings (SSSR count). The van der Waals surface area contributed by atoms with Crippen molar-refractivity contribution in [2.75, 3.05) is 7.05 Å². The second-order valence-electron chi connectivity index (χ2n) is 3.31. The molecule has 0 saturated heterocycles. The Balaban J connectivity index is 2.33. The maximum atomic E-state index is 10.5. The molecule has 0 aliphatic heterocycles. The molecule has 0 radical (unpaired) electrons. The Morgan fingerprint density at radius 3 is 2.71 bits per heavy atom. The van der Waals surface area contributed by atoms with E-state index in [1.54, 1.807) is 19.2 Å². The Morgan fingerprint density at radius 2 is 2.12 bits per heavy atom. The topological polar surface area (TPSA) is 98.8 Å². The van der Waals surface area contributed by atoms with E-state index in [0.29, 0.717) is 18.1 Å². The van der Waals surface area contributed by atoms with E-state index in [0.717, 1.165) is 0 Å². The molecule has 1 N–H and O–H groups in total. The average molecular weight is 234 g/mol. The highest BCUT2D eigenvalue weighted by atomic mass is 16.6. The number of aromatic nitrogens is 4. The van der Waals surface area contributed by atoms with Gasteiger partial charge in [0.25, 0.3) is 5.69 Å². The Bertz CT molecular complexity index is 521. The summed E-state index contributed by atoms with van der Waals surface area (Å²) in [5.74, 6) is 0.640. The van der Waals surface area contributed by atoms with Crippen molar-refractivity contribution in [3.8, 4) is 5.69 Å². The van der Waals surface area contributed by atoms with E-state index in [9.17, 15) is 10.1 Å². The lowest BCUT2D eigenvalue weighted by Gasteiger charge is -2.03. The van der Waals surface area contributed by atoms with Crippen molar-refractivity contribution < 1.29 is 4.92 Å². The average Bonchev–Trinajstić information content (AvgIpc) is 2.78. The standard InChI is InChI=1S/C9H10N6O2/c1-10-6-9-11-12-13-14(9)7-2-4-8(5-3-7)15(16)17/h2-5,10H,6H2,1H3. The number of hydrogen-bond donors (Lipinski definition) is 1. The van der Waals surface area contributed by atoms with Gasteiger partial charge in [-0.25, -0.2) is 0 Å². The number of nitro groups is 1. The van der Waals surface area contributed by atoms with Gasteiger partial charge in [-0.05, 0) is 29.6 Å². The molecular formula is C9H10N6O2. The summed E-state index contributed by atoms with van der Waals surface area (Å²) in [6.45, 7) is 0.518. The highest BCUT2D eigenvalue weighted by Gasteiger charge is 2.09. The summed E-state index contributed by atoms with van der Waals surface area (Å²) in [5.41, 5.74) is 0.725. The lowest BCUT2D eigenvalue weighted by molar-refractivity contribution is -0.384. The zero-order chi connectivity index (χ0) is 12.3. The maximum Gasteiger partial charge on any atom is 0.269 e. The summed E-state index contributed by atoms with van der Waals surface area (Å²) in [4.78, 5) is 10.1. The first-order valence-corrected chi connectivity index (χ1v) is 4.89. The van der Waals surface area contributed by atoms with Crippen molar-refractivity contribution in [3.05, 3.63) is 40.2 Å². The predicted octanol–water partition coefficient (Wildman–Crippen LogP) is 0.290. The number of nitrogens with one attached hydrogen (secondary N) is 1. The van der Waals surface area contributed by atoms with Gasteiger partial charge in [0, 0.05) is 12.1 Å². The first kappa shape index (κ1) is 11.1. The molecule has 1 aromatic carbocycles. The van der Waals surface area contributed by atoms with Crippen molar-refractivity contribution >= 4 is 5.69 Å². The fraction of sp³-hybridized carbons (Fsp3) is 0.222. The van der Waals surface area contributed by atoms with Crippen LogP contribution in [0.1, 0.15) is 5.82 Å². The molecule has 0 fully saturated rings. The van der Waals surface area contributed by atoms with Crippen LogP contribution in [0.4, 0.5) is 5.69 Å². The Kier molecular flexibility index (Phi) is 3.06. The van der Waals surface area contributed by atoms with E-state index in [1.807, 2.05) is 0 Å². The zero-order valence-electron chi connectivity index (χ0n) is 9.07. The van der Waals surface area contributed by atoms with Crippen molar-refractivity contribution in [2.24, 2.45) is 0 Å². The van der Waals surface area contributed by atoms with Gasteiger partial charge in [0.15, 0.2) is 5.82 Å². The van der Waals surface area contributed by atoms with Gasteiger partial charge in [-0.2, -0.15) is 4.68 Å². The van der Waals surface area contributed by atoms with Gasteiger partial charge in [-0.3, -0.25) is 10.1 Å². The molecule has 8 nitrogen and oxygen atoms in total. The van der Waals surface area contributed by atoms with Gasteiger partial charge in [0.1, 0.15) is 0 Å². The zero-order valence-corrected chi connectivity index (χ0v) is 9.07. The van der Waals surface area contributed by atoms with Crippen LogP contribution in [-0.4, -0.2) is 32.2 Å². The molecule has 0 amide bonds. The fourth-order valence-corrected chi connectivity index (χ4v) is 1.39. The third-order valence-corrected chi connectivity index (χ3v) is 2.17. The molecule has 0 atom stereocenters. The lowest BCUT2D eigenvalue weighted by Crippen LogP contribution is -2.12. The van der Waals surface area contributed by atoms with Crippen molar-refractivity contribution in [1.82, 2.24) is 25.5 Å². The van der Waals surface area contributed by atoms with Crippen LogP contribution in [0.3, 0.4) is 0 Å². The minimum Gasteiger partial charge on any atom is -0.313 e. The fourth-order valence-electron chi connectivity index (χ4n) is 1.39. The molecule has 17 heavy (non-hydrogen) atoms. The summed E-state index contributed by atoms with van der Waals surface area (Å²) >= 11 is 0. The third kappa shape index (κ3) is 2.26. The molecule has 8 heteroatoms. The molecule has 1 aromatic heterocycles. The number of nitro benzene ring substituents is 1. The normalized spacial score (nSPS) is 10.4. The highest BCUT2D eigenvalue weighted by molar-refractivity contribution is 5.40. The summed E-state index contributed by atoms with van der Waals surface area (Å²) < 4.78 is 1.53. The van der Waals surface area contributed by atoms with Crippen LogP contribution in [0.5, 0.6) is 0 Å². The van der Waals surface area contributed by atoms with Gasteiger partial charge < -0.3 is 5.32 Å². The molecule has 0 unspecified atom stereocenters. The monoisotopic (exact) mass is 234 g/mol. The van der Waals surface area contributed by atoms with Gasteiger partial charge in [0.2, 0.25) is 0 Å². The molecular weight excluding hydrogens is 224 g/mol. The highest BCUT2D eigenvalue weighted by Crippen LogP contribution is 2.14. The number of tetrazole rings is 1.